The lowest BCUT2D eigenvalue weighted by atomic mass is 10.0. The number of carboxylic acids is 1. The molecule has 4 unspecified atom stereocenters. The quantitative estimate of drug-likeness (QED) is 0.0560. The van der Waals surface area contributed by atoms with E-state index >= 15 is 0 Å². The van der Waals surface area contributed by atoms with Crippen LogP contribution in [-0.4, -0.2) is 84.5 Å². The third kappa shape index (κ3) is 12.3. The van der Waals surface area contributed by atoms with Crippen molar-refractivity contribution in [1.29, 1.82) is 0 Å². The average Bonchev–Trinajstić information content (AvgIpc) is 3.35. The first-order valence-electron chi connectivity index (χ1n) is 12.4. The Morgan fingerprint density at radius 1 is 0.892 bits per heavy atom. The molecule has 0 aromatic rings. The standard InChI is InChI=1S/C22H42N10O5/c1-12(2)16(19(35)31-15(20(36)37)8-5-11-29-22(25)26)32-18(34)14(7-4-10-28-21(23)24)30-17(33)13-6-3-9-27-13/h12-16,27H,3-11H2,1-2H3,(H,30,33)(H,31,35)(H,32,34)(H,36,37)(H4,23,24,28)(H4,25,26,29). The Bertz CT molecular complexity index is 834. The van der Waals surface area contributed by atoms with Crippen molar-refractivity contribution in [3.8, 4) is 0 Å². The van der Waals surface area contributed by atoms with Gasteiger partial charge in [0.25, 0.3) is 0 Å². The van der Waals surface area contributed by atoms with E-state index in [4.69, 9.17) is 22.9 Å². The zero-order valence-corrected chi connectivity index (χ0v) is 21.5. The van der Waals surface area contributed by atoms with Gasteiger partial charge in [-0.2, -0.15) is 0 Å². The van der Waals surface area contributed by atoms with Crippen LogP contribution in [0.2, 0.25) is 0 Å². The maximum atomic E-state index is 13.2. The largest absolute Gasteiger partial charge is 0.480 e. The van der Waals surface area contributed by atoms with Gasteiger partial charge in [0.05, 0.1) is 6.04 Å². The van der Waals surface area contributed by atoms with E-state index in [0.29, 0.717) is 25.8 Å². The van der Waals surface area contributed by atoms with Crippen molar-refractivity contribution in [3.05, 3.63) is 0 Å². The fourth-order valence-electron chi connectivity index (χ4n) is 3.76. The molecule has 13 N–H and O–H groups in total. The number of amides is 3. The Balaban J connectivity index is 2.88. The molecule has 1 rings (SSSR count). The molecular formula is C22H42N10O5. The Morgan fingerprint density at radius 2 is 1.46 bits per heavy atom. The monoisotopic (exact) mass is 526 g/mol. The molecule has 15 heteroatoms. The lowest BCUT2D eigenvalue weighted by Crippen LogP contribution is -2.58. The number of carboxylic acid groups (broad SMARTS) is 1. The molecule has 1 aliphatic rings. The number of guanidine groups is 2. The van der Waals surface area contributed by atoms with Crippen LogP contribution in [0.5, 0.6) is 0 Å². The van der Waals surface area contributed by atoms with Crippen LogP contribution in [0.25, 0.3) is 0 Å². The van der Waals surface area contributed by atoms with Crippen molar-refractivity contribution in [3.63, 3.8) is 0 Å². The van der Waals surface area contributed by atoms with Crippen LogP contribution >= 0.6 is 0 Å². The van der Waals surface area contributed by atoms with Crippen LogP contribution < -0.4 is 44.2 Å². The molecule has 1 fully saturated rings. The summed E-state index contributed by atoms with van der Waals surface area (Å²) in [6.45, 7) is 4.62. The van der Waals surface area contributed by atoms with Gasteiger partial charge >= 0.3 is 5.97 Å². The SMILES string of the molecule is CC(C)C(NC(=O)C(CCCN=C(N)N)NC(=O)C1CCCN1)C(=O)NC(CCCN=C(N)N)C(=O)O. The highest BCUT2D eigenvalue weighted by Crippen LogP contribution is 2.09. The normalized spacial score (nSPS) is 17.2. The van der Waals surface area contributed by atoms with Gasteiger partial charge in [-0.25, -0.2) is 4.79 Å². The fraction of sp³-hybridized carbons (Fsp3) is 0.727. The van der Waals surface area contributed by atoms with E-state index in [1.54, 1.807) is 13.8 Å². The molecule has 0 aliphatic carbocycles. The van der Waals surface area contributed by atoms with Gasteiger partial charge in [-0.1, -0.05) is 13.8 Å². The first-order chi connectivity index (χ1) is 17.4. The second kappa shape index (κ2) is 16.2. The van der Waals surface area contributed by atoms with Crippen LogP contribution in [0.1, 0.15) is 52.4 Å². The molecule has 15 nitrogen and oxygen atoms in total. The summed E-state index contributed by atoms with van der Waals surface area (Å²) >= 11 is 0. The second-order valence-electron chi connectivity index (χ2n) is 9.24. The molecule has 37 heavy (non-hydrogen) atoms. The van der Waals surface area contributed by atoms with Crippen LogP contribution in [-0.2, 0) is 19.2 Å². The number of hydrogen-bond acceptors (Lipinski definition) is 7. The molecule has 0 spiro atoms. The molecule has 0 radical (unpaired) electrons. The van der Waals surface area contributed by atoms with E-state index in [0.717, 1.165) is 6.42 Å². The van der Waals surface area contributed by atoms with Crippen molar-refractivity contribution < 1.29 is 24.3 Å². The molecule has 0 saturated carbocycles. The molecule has 0 aromatic heterocycles. The maximum absolute atomic E-state index is 13.2. The van der Waals surface area contributed by atoms with Gasteiger partial charge in [0, 0.05) is 13.1 Å². The van der Waals surface area contributed by atoms with E-state index in [9.17, 15) is 24.3 Å². The predicted molar refractivity (Wildman–Crippen MR) is 139 cm³/mol. The summed E-state index contributed by atoms with van der Waals surface area (Å²) in [5.74, 6) is -3.30. The molecule has 210 valence electrons. The Kier molecular flexibility index (Phi) is 13.7. The van der Waals surface area contributed by atoms with Crippen LogP contribution in [0, 0.1) is 5.92 Å². The first kappa shape index (κ1) is 31.4. The Morgan fingerprint density at radius 3 is 1.92 bits per heavy atom. The van der Waals surface area contributed by atoms with Gasteiger partial charge in [0.1, 0.15) is 18.1 Å². The lowest BCUT2D eigenvalue weighted by Gasteiger charge is -2.27. The highest BCUT2D eigenvalue weighted by atomic mass is 16.4. The third-order valence-electron chi connectivity index (χ3n) is 5.76. The van der Waals surface area contributed by atoms with Crippen molar-refractivity contribution in [2.24, 2.45) is 38.8 Å². The minimum absolute atomic E-state index is 0.0805. The van der Waals surface area contributed by atoms with Gasteiger partial charge in [0.2, 0.25) is 17.7 Å². The zero-order valence-electron chi connectivity index (χ0n) is 21.5. The van der Waals surface area contributed by atoms with Crippen molar-refractivity contribution in [2.75, 3.05) is 19.6 Å². The molecule has 1 aliphatic heterocycles. The smallest absolute Gasteiger partial charge is 0.326 e. The molecule has 4 atom stereocenters. The summed E-state index contributed by atoms with van der Waals surface area (Å²) in [5, 5.41) is 20.5. The van der Waals surface area contributed by atoms with Crippen molar-refractivity contribution >= 4 is 35.6 Å². The molecular weight excluding hydrogens is 484 g/mol. The summed E-state index contributed by atoms with van der Waals surface area (Å²) < 4.78 is 0. The first-order valence-corrected chi connectivity index (χ1v) is 12.4. The maximum Gasteiger partial charge on any atom is 0.326 e. The molecule has 0 bridgehead atoms. The van der Waals surface area contributed by atoms with Gasteiger partial charge < -0.3 is 49.3 Å². The average molecular weight is 527 g/mol. The molecule has 1 saturated heterocycles. The van der Waals surface area contributed by atoms with E-state index in [1.165, 1.54) is 0 Å². The highest BCUT2D eigenvalue weighted by Gasteiger charge is 2.32. The molecule has 3 amide bonds. The zero-order chi connectivity index (χ0) is 28.0. The van der Waals surface area contributed by atoms with Crippen LogP contribution in [0.3, 0.4) is 0 Å². The summed E-state index contributed by atoms with van der Waals surface area (Å²) in [6.07, 6.45) is 2.57. The van der Waals surface area contributed by atoms with Crippen LogP contribution in [0.4, 0.5) is 0 Å². The lowest BCUT2D eigenvalue weighted by molar-refractivity contribution is -0.142. The van der Waals surface area contributed by atoms with E-state index in [2.05, 4.69) is 31.3 Å². The van der Waals surface area contributed by atoms with Crippen molar-refractivity contribution in [1.82, 2.24) is 21.3 Å². The van der Waals surface area contributed by atoms with E-state index in [-0.39, 0.29) is 49.7 Å². The minimum atomic E-state index is -1.22. The molecule has 0 aromatic carbocycles. The number of hydrogen-bond donors (Lipinski definition) is 9. The van der Waals surface area contributed by atoms with Gasteiger partial charge in [-0.3, -0.25) is 24.4 Å². The number of carbonyl (C=O) groups is 4. The number of carbonyl (C=O) groups excluding carboxylic acids is 3. The van der Waals surface area contributed by atoms with E-state index in [1.807, 2.05) is 0 Å². The minimum Gasteiger partial charge on any atom is -0.480 e. The predicted octanol–water partition coefficient (Wildman–Crippen LogP) is -2.96. The highest BCUT2D eigenvalue weighted by molar-refractivity contribution is 5.94. The number of aliphatic carboxylic acids is 1. The van der Waals surface area contributed by atoms with Gasteiger partial charge in [-0.05, 0) is 51.0 Å². The fourth-order valence-corrected chi connectivity index (χ4v) is 3.76. The number of rotatable bonds is 16. The summed E-state index contributed by atoms with van der Waals surface area (Å²) in [7, 11) is 0. The van der Waals surface area contributed by atoms with E-state index < -0.39 is 42.0 Å². The summed E-state index contributed by atoms with van der Waals surface area (Å²) in [4.78, 5) is 58.1. The third-order valence-corrected chi connectivity index (χ3v) is 5.76. The molecule has 1 heterocycles. The van der Waals surface area contributed by atoms with Gasteiger partial charge in [-0.15, -0.1) is 0 Å². The summed E-state index contributed by atoms with van der Waals surface area (Å²) in [6, 6.07) is -3.56. The number of nitrogens with zero attached hydrogens (tertiary/aromatic N) is 2. The van der Waals surface area contributed by atoms with Gasteiger partial charge in [0.15, 0.2) is 11.9 Å². The summed E-state index contributed by atoms with van der Waals surface area (Å²) in [5.41, 5.74) is 21.2. The Hall–Kier alpha value is -3.62. The number of aliphatic imine (C=N–C) groups is 2. The topological polar surface area (TPSA) is 265 Å². The number of nitrogens with one attached hydrogen (secondary N) is 4. The number of nitrogens with two attached hydrogens (primary N) is 4. The Labute approximate surface area is 216 Å². The van der Waals surface area contributed by atoms with Crippen molar-refractivity contribution in [2.45, 2.75) is 76.5 Å². The second-order valence-corrected chi connectivity index (χ2v) is 9.24. The van der Waals surface area contributed by atoms with Crippen LogP contribution in [0.15, 0.2) is 9.98 Å².